The summed E-state index contributed by atoms with van der Waals surface area (Å²) in [5, 5.41) is 1.12. The number of thiophene rings is 1. The highest BCUT2D eigenvalue weighted by Gasteiger charge is 2.11. The minimum atomic E-state index is 0.544. The van der Waals surface area contributed by atoms with Gasteiger partial charge in [-0.25, -0.2) is 9.97 Å². The van der Waals surface area contributed by atoms with Crippen LogP contribution in [0.4, 0.5) is 11.5 Å². The zero-order valence-corrected chi connectivity index (χ0v) is 14.0. The molecule has 0 radical (unpaired) electrons. The van der Waals surface area contributed by atoms with Crippen LogP contribution in [-0.2, 0) is 0 Å². The molecule has 0 bridgehead atoms. The normalized spacial score (nSPS) is 11.2. The maximum atomic E-state index is 5.98. The first kappa shape index (κ1) is 14.3. The van der Waals surface area contributed by atoms with Crippen LogP contribution in [0.2, 0.25) is 0 Å². The fraction of sp³-hybridized carbons (Fsp3) is 0.0588. The Kier molecular flexibility index (Phi) is 3.55. The van der Waals surface area contributed by atoms with E-state index >= 15 is 0 Å². The Morgan fingerprint density at radius 2 is 2.00 bits per heavy atom. The van der Waals surface area contributed by atoms with E-state index in [-0.39, 0.29) is 0 Å². The molecule has 114 valence electrons. The Morgan fingerprint density at radius 3 is 2.87 bits per heavy atom. The van der Waals surface area contributed by atoms with E-state index in [4.69, 9.17) is 5.73 Å². The van der Waals surface area contributed by atoms with E-state index in [1.54, 1.807) is 23.3 Å². The van der Waals surface area contributed by atoms with Crippen molar-refractivity contribution in [2.24, 2.45) is 0 Å². The third-order valence-electron chi connectivity index (χ3n) is 3.73. The fourth-order valence-corrected chi connectivity index (χ4v) is 4.19. The summed E-state index contributed by atoms with van der Waals surface area (Å²) in [7, 11) is 0. The maximum Gasteiger partial charge on any atom is 0.144 e. The molecule has 6 heteroatoms. The Morgan fingerprint density at radius 1 is 1.13 bits per heavy atom. The Bertz CT molecular complexity index is 1010. The van der Waals surface area contributed by atoms with Crippen LogP contribution in [0.3, 0.4) is 0 Å². The predicted octanol–water partition coefficient (Wildman–Crippen LogP) is 4.78. The Labute approximate surface area is 141 Å². The van der Waals surface area contributed by atoms with E-state index < -0.39 is 0 Å². The van der Waals surface area contributed by atoms with Gasteiger partial charge in [0.05, 0.1) is 15.9 Å². The van der Waals surface area contributed by atoms with Crippen molar-refractivity contribution >= 4 is 55.1 Å². The first-order valence-corrected chi connectivity index (χ1v) is 9.13. The fourth-order valence-electron chi connectivity index (χ4n) is 2.69. The minimum Gasteiger partial charge on any atom is -0.382 e. The summed E-state index contributed by atoms with van der Waals surface area (Å²) in [6, 6.07) is 14.8. The first-order valence-electron chi connectivity index (χ1n) is 7.09. The van der Waals surface area contributed by atoms with Crippen molar-refractivity contribution in [1.82, 2.24) is 9.97 Å². The lowest BCUT2D eigenvalue weighted by Gasteiger charge is -2.10. The standard InChI is InChI=1S/C17H14N4S2/c1-22-21-13-5-3-2-4-11(13)10-6-7-12-14(8-10)23-16-15(12)19-9-20-17(16)18/h2-9,21H,1H3,(H2,18,19,20). The number of nitrogens with zero attached hydrogens (tertiary/aromatic N) is 2. The molecule has 0 aliphatic rings. The van der Waals surface area contributed by atoms with Crippen LogP contribution < -0.4 is 10.5 Å². The first-order chi connectivity index (χ1) is 11.3. The number of para-hydroxylation sites is 1. The summed E-state index contributed by atoms with van der Waals surface area (Å²) in [5.74, 6) is 0.544. The molecule has 0 aliphatic carbocycles. The van der Waals surface area contributed by atoms with E-state index in [9.17, 15) is 0 Å². The molecule has 0 saturated carbocycles. The summed E-state index contributed by atoms with van der Waals surface area (Å²) in [6.07, 6.45) is 3.54. The largest absolute Gasteiger partial charge is 0.382 e. The molecule has 0 unspecified atom stereocenters. The van der Waals surface area contributed by atoms with Crippen LogP contribution in [0.5, 0.6) is 0 Å². The van der Waals surface area contributed by atoms with Gasteiger partial charge >= 0.3 is 0 Å². The summed E-state index contributed by atoms with van der Waals surface area (Å²) in [4.78, 5) is 8.47. The number of nitrogens with two attached hydrogens (primary N) is 1. The summed E-state index contributed by atoms with van der Waals surface area (Å²) >= 11 is 3.23. The van der Waals surface area contributed by atoms with Gasteiger partial charge in [0.2, 0.25) is 0 Å². The number of rotatable bonds is 3. The van der Waals surface area contributed by atoms with Crippen LogP contribution in [0.25, 0.3) is 31.4 Å². The van der Waals surface area contributed by atoms with E-state index in [1.807, 2.05) is 12.3 Å². The number of aromatic nitrogens is 2. The number of hydrogen-bond donors (Lipinski definition) is 2. The van der Waals surface area contributed by atoms with E-state index in [0.29, 0.717) is 5.82 Å². The monoisotopic (exact) mass is 338 g/mol. The highest BCUT2D eigenvalue weighted by molar-refractivity contribution is 7.99. The number of nitrogens with one attached hydrogen (secondary N) is 1. The molecule has 2 aromatic heterocycles. The quantitative estimate of drug-likeness (QED) is 0.526. The van der Waals surface area contributed by atoms with Crippen LogP contribution in [0.15, 0.2) is 48.8 Å². The number of nitrogen functional groups attached to an aromatic ring is 1. The number of hydrogen-bond acceptors (Lipinski definition) is 6. The number of fused-ring (bicyclic) bond motifs is 3. The van der Waals surface area contributed by atoms with Gasteiger partial charge in [0.15, 0.2) is 0 Å². The van der Waals surface area contributed by atoms with Gasteiger partial charge in [-0.15, -0.1) is 11.3 Å². The lowest BCUT2D eigenvalue weighted by atomic mass is 10.0. The highest BCUT2D eigenvalue weighted by Crippen LogP contribution is 2.38. The second-order valence-electron chi connectivity index (χ2n) is 5.10. The molecule has 2 aromatic carbocycles. The second-order valence-corrected chi connectivity index (χ2v) is 6.77. The molecule has 0 spiro atoms. The van der Waals surface area contributed by atoms with Crippen molar-refractivity contribution in [3.05, 3.63) is 48.8 Å². The van der Waals surface area contributed by atoms with Crippen LogP contribution >= 0.6 is 23.3 Å². The van der Waals surface area contributed by atoms with Crippen molar-refractivity contribution in [1.29, 1.82) is 0 Å². The Balaban J connectivity index is 1.93. The average molecular weight is 338 g/mol. The van der Waals surface area contributed by atoms with E-state index in [0.717, 1.165) is 21.3 Å². The minimum absolute atomic E-state index is 0.544. The van der Waals surface area contributed by atoms with Gasteiger partial charge in [0.1, 0.15) is 12.1 Å². The molecule has 0 atom stereocenters. The molecular weight excluding hydrogens is 324 g/mol. The zero-order valence-electron chi connectivity index (χ0n) is 12.4. The van der Waals surface area contributed by atoms with Gasteiger partial charge in [-0.1, -0.05) is 42.3 Å². The van der Waals surface area contributed by atoms with Crippen LogP contribution in [-0.4, -0.2) is 16.2 Å². The average Bonchev–Trinajstić information content (AvgIpc) is 2.95. The molecule has 2 heterocycles. The molecule has 4 rings (SSSR count). The lowest BCUT2D eigenvalue weighted by molar-refractivity contribution is 1.24. The maximum absolute atomic E-state index is 5.98. The van der Waals surface area contributed by atoms with Crippen molar-refractivity contribution in [2.45, 2.75) is 0 Å². The topological polar surface area (TPSA) is 63.8 Å². The van der Waals surface area contributed by atoms with E-state index in [2.05, 4.69) is 51.1 Å². The summed E-state index contributed by atoms with van der Waals surface area (Å²) in [6.45, 7) is 0. The molecule has 0 aliphatic heterocycles. The molecular formula is C17H14N4S2. The van der Waals surface area contributed by atoms with Gasteiger partial charge in [-0.05, 0) is 17.7 Å². The molecule has 3 N–H and O–H groups in total. The molecule has 23 heavy (non-hydrogen) atoms. The smallest absolute Gasteiger partial charge is 0.144 e. The van der Waals surface area contributed by atoms with Gasteiger partial charge in [0, 0.05) is 21.9 Å². The highest BCUT2D eigenvalue weighted by atomic mass is 32.2. The summed E-state index contributed by atoms with van der Waals surface area (Å²) < 4.78 is 5.46. The second kappa shape index (κ2) is 5.72. The van der Waals surface area contributed by atoms with Crippen molar-refractivity contribution < 1.29 is 0 Å². The molecule has 0 saturated heterocycles. The zero-order chi connectivity index (χ0) is 15.8. The number of anilines is 2. The third kappa shape index (κ3) is 2.40. The van der Waals surface area contributed by atoms with Crippen LogP contribution in [0.1, 0.15) is 0 Å². The molecule has 4 aromatic rings. The van der Waals surface area contributed by atoms with Crippen molar-refractivity contribution in [3.63, 3.8) is 0 Å². The van der Waals surface area contributed by atoms with Gasteiger partial charge < -0.3 is 10.5 Å². The van der Waals surface area contributed by atoms with Gasteiger partial charge in [-0.3, -0.25) is 0 Å². The number of benzene rings is 2. The van der Waals surface area contributed by atoms with Crippen molar-refractivity contribution in [3.8, 4) is 11.1 Å². The van der Waals surface area contributed by atoms with Crippen LogP contribution in [0, 0.1) is 0 Å². The SMILES string of the molecule is CSNc1ccccc1-c1ccc2c(c1)sc1c(N)ncnc12. The van der Waals surface area contributed by atoms with Crippen molar-refractivity contribution in [2.75, 3.05) is 16.7 Å². The molecule has 4 nitrogen and oxygen atoms in total. The summed E-state index contributed by atoms with van der Waals surface area (Å²) in [5.41, 5.74) is 10.4. The van der Waals surface area contributed by atoms with Gasteiger partial charge in [0.25, 0.3) is 0 Å². The predicted molar refractivity (Wildman–Crippen MR) is 102 cm³/mol. The van der Waals surface area contributed by atoms with E-state index in [1.165, 1.54) is 22.2 Å². The molecule has 0 amide bonds. The lowest BCUT2D eigenvalue weighted by Crippen LogP contribution is -1.90. The van der Waals surface area contributed by atoms with Gasteiger partial charge in [-0.2, -0.15) is 0 Å². The molecule has 0 fully saturated rings. The third-order valence-corrected chi connectivity index (χ3v) is 5.32. The Hall–Kier alpha value is -2.31.